The van der Waals surface area contributed by atoms with Crippen LogP contribution in [0.4, 0.5) is 0 Å². The molecule has 4 heteroatoms. The van der Waals surface area contributed by atoms with E-state index < -0.39 is 0 Å². The number of aliphatic hydroxyl groups is 1. The smallest absolute Gasteiger partial charge is 0.224 e. The third kappa shape index (κ3) is 2.31. The van der Waals surface area contributed by atoms with Crippen molar-refractivity contribution in [2.75, 3.05) is 6.61 Å². The second kappa shape index (κ2) is 4.45. The first-order valence-electron chi connectivity index (χ1n) is 5.86. The molecule has 1 amide bonds. The van der Waals surface area contributed by atoms with E-state index in [-0.39, 0.29) is 29.8 Å². The monoisotopic (exact) mass is 234 g/mol. The molecule has 2 atom stereocenters. The lowest BCUT2D eigenvalue weighted by Crippen LogP contribution is -2.26. The third-order valence-electron chi connectivity index (χ3n) is 3.70. The predicted octanol–water partition coefficient (Wildman–Crippen LogP) is 0.962. The van der Waals surface area contributed by atoms with Gasteiger partial charge in [-0.25, -0.2) is 0 Å². The Bertz CT molecular complexity index is 403. The number of rotatable bonds is 4. The molecule has 92 valence electrons. The van der Waals surface area contributed by atoms with Gasteiger partial charge in [-0.15, -0.1) is 0 Å². The summed E-state index contributed by atoms with van der Waals surface area (Å²) in [5, 5.41) is 12.0. The number of carbonyl (C=O) groups excluding carboxylic acids is 1. The van der Waals surface area contributed by atoms with Gasteiger partial charge in [0.25, 0.3) is 0 Å². The Morgan fingerprint density at radius 2 is 2.29 bits per heavy atom. The second-order valence-electron chi connectivity index (χ2n) is 5.13. The lowest BCUT2D eigenvalue weighted by atomic mass is 10.1. The maximum Gasteiger partial charge on any atom is 0.224 e. The molecule has 0 aromatic carbocycles. The molecule has 2 N–H and O–H groups in total. The average molecular weight is 234 g/mol. The molecule has 0 aliphatic heterocycles. The minimum atomic E-state index is -0.0804. The Morgan fingerprint density at radius 1 is 1.53 bits per heavy atom. The quantitative estimate of drug-likeness (QED) is 0.815. The molecule has 1 saturated carbocycles. The number of hydrogen-bond acceptors (Lipinski definition) is 3. The lowest BCUT2D eigenvalue weighted by Gasteiger charge is -2.05. The summed E-state index contributed by atoms with van der Waals surface area (Å²) in [5.41, 5.74) is 0.767. The Balaban J connectivity index is 1.87. The number of nitrogens with one attached hydrogen (secondary N) is 1. The fourth-order valence-corrected chi connectivity index (χ4v) is 2.40. The molecule has 4 nitrogen and oxygen atoms in total. The number of nitrogens with zero attached hydrogens (tertiary/aromatic N) is 1. The van der Waals surface area contributed by atoms with Gasteiger partial charge in [0.1, 0.15) is 0 Å². The highest BCUT2D eigenvalue weighted by atomic mass is 16.3. The molecule has 0 spiro atoms. The van der Waals surface area contributed by atoms with Crippen LogP contribution in [0, 0.1) is 17.3 Å². The lowest BCUT2D eigenvalue weighted by molar-refractivity contribution is -0.123. The topological polar surface area (TPSA) is 62.2 Å². The molecule has 17 heavy (non-hydrogen) atoms. The van der Waals surface area contributed by atoms with Crippen molar-refractivity contribution in [3.63, 3.8) is 0 Å². The third-order valence-corrected chi connectivity index (χ3v) is 3.70. The van der Waals surface area contributed by atoms with Crippen molar-refractivity contribution in [2.24, 2.45) is 17.3 Å². The van der Waals surface area contributed by atoms with Crippen LogP contribution in [-0.2, 0) is 11.3 Å². The largest absolute Gasteiger partial charge is 0.396 e. The van der Waals surface area contributed by atoms with Crippen LogP contribution in [0.5, 0.6) is 0 Å². The highest BCUT2D eigenvalue weighted by molar-refractivity contribution is 5.83. The number of hydrogen-bond donors (Lipinski definition) is 2. The van der Waals surface area contributed by atoms with Gasteiger partial charge in [0.05, 0.1) is 12.2 Å². The predicted molar refractivity (Wildman–Crippen MR) is 63.9 cm³/mol. The van der Waals surface area contributed by atoms with Crippen LogP contribution in [0.15, 0.2) is 24.4 Å². The number of pyridine rings is 1. The Hall–Kier alpha value is -1.42. The van der Waals surface area contributed by atoms with Crippen molar-refractivity contribution in [1.82, 2.24) is 10.3 Å². The van der Waals surface area contributed by atoms with Crippen molar-refractivity contribution in [2.45, 2.75) is 20.4 Å². The summed E-state index contributed by atoms with van der Waals surface area (Å²) in [6.07, 6.45) is 1.71. The van der Waals surface area contributed by atoms with E-state index in [1.165, 1.54) is 0 Å². The Morgan fingerprint density at radius 3 is 2.82 bits per heavy atom. The summed E-state index contributed by atoms with van der Waals surface area (Å²) in [6, 6.07) is 5.62. The molecule has 1 fully saturated rings. The first-order valence-corrected chi connectivity index (χ1v) is 5.86. The standard InChI is InChI=1S/C13H18N2O2/c1-13(2)10(8-16)11(13)12(17)15-7-9-5-3-4-6-14-9/h3-6,10-11,16H,7-8H2,1-2H3,(H,15,17)/t10-,11-/m1/s1. The summed E-state index contributed by atoms with van der Waals surface area (Å²) in [7, 11) is 0. The fourth-order valence-electron chi connectivity index (χ4n) is 2.40. The zero-order valence-corrected chi connectivity index (χ0v) is 10.2. The highest BCUT2D eigenvalue weighted by Gasteiger charge is 2.61. The van der Waals surface area contributed by atoms with Gasteiger partial charge in [0.15, 0.2) is 0 Å². The van der Waals surface area contributed by atoms with Gasteiger partial charge in [0, 0.05) is 18.7 Å². The molecule has 0 saturated heterocycles. The van der Waals surface area contributed by atoms with E-state index in [4.69, 9.17) is 5.11 Å². The van der Waals surface area contributed by atoms with Gasteiger partial charge in [-0.1, -0.05) is 19.9 Å². The number of aliphatic hydroxyl groups excluding tert-OH is 1. The number of amides is 1. The van der Waals surface area contributed by atoms with E-state index in [9.17, 15) is 4.79 Å². The fraction of sp³-hybridized carbons (Fsp3) is 0.538. The van der Waals surface area contributed by atoms with Crippen molar-refractivity contribution >= 4 is 5.91 Å². The number of aromatic nitrogens is 1. The molecule has 0 bridgehead atoms. The van der Waals surface area contributed by atoms with E-state index in [0.717, 1.165) is 5.69 Å². The minimum Gasteiger partial charge on any atom is -0.396 e. The first kappa shape index (κ1) is 12.0. The average Bonchev–Trinajstić information content (AvgIpc) is 2.89. The van der Waals surface area contributed by atoms with Gasteiger partial charge in [-0.2, -0.15) is 0 Å². The first-order chi connectivity index (χ1) is 8.07. The molecule has 0 radical (unpaired) electrons. The SMILES string of the molecule is CC1(C)[C@H](CO)[C@@H]1C(=O)NCc1ccccn1. The van der Waals surface area contributed by atoms with Gasteiger partial charge in [-0.3, -0.25) is 9.78 Å². The van der Waals surface area contributed by atoms with Crippen LogP contribution in [0.25, 0.3) is 0 Å². The van der Waals surface area contributed by atoms with Crippen LogP contribution in [-0.4, -0.2) is 22.6 Å². The van der Waals surface area contributed by atoms with Gasteiger partial charge < -0.3 is 10.4 Å². The van der Waals surface area contributed by atoms with Crippen LogP contribution in [0.1, 0.15) is 19.5 Å². The number of carbonyl (C=O) groups is 1. The minimum absolute atomic E-state index is 0.0136. The Kier molecular flexibility index (Phi) is 3.15. The van der Waals surface area contributed by atoms with Gasteiger partial charge >= 0.3 is 0 Å². The summed E-state index contributed by atoms with van der Waals surface area (Å²) in [6.45, 7) is 4.55. The Labute approximate surface area is 101 Å². The van der Waals surface area contributed by atoms with E-state index in [2.05, 4.69) is 10.3 Å². The van der Waals surface area contributed by atoms with Crippen molar-refractivity contribution in [3.8, 4) is 0 Å². The molecule has 1 heterocycles. The van der Waals surface area contributed by atoms with Crippen molar-refractivity contribution in [3.05, 3.63) is 30.1 Å². The summed E-state index contributed by atoms with van der Waals surface area (Å²) >= 11 is 0. The van der Waals surface area contributed by atoms with Crippen LogP contribution in [0.3, 0.4) is 0 Å². The van der Waals surface area contributed by atoms with Crippen molar-refractivity contribution < 1.29 is 9.90 Å². The normalized spacial score (nSPS) is 25.4. The molecule has 0 unspecified atom stereocenters. The molecular formula is C13H18N2O2. The van der Waals surface area contributed by atoms with Gasteiger partial charge in [-0.05, 0) is 23.5 Å². The van der Waals surface area contributed by atoms with E-state index >= 15 is 0 Å². The molecule has 2 rings (SSSR count). The molecule has 1 aromatic heterocycles. The van der Waals surface area contributed by atoms with Crippen LogP contribution in [0.2, 0.25) is 0 Å². The summed E-state index contributed by atoms with van der Waals surface area (Å²) < 4.78 is 0. The molecule has 1 aliphatic rings. The summed E-state index contributed by atoms with van der Waals surface area (Å²) in [5.74, 6) is 0.0298. The summed E-state index contributed by atoms with van der Waals surface area (Å²) in [4.78, 5) is 16.1. The van der Waals surface area contributed by atoms with Crippen molar-refractivity contribution in [1.29, 1.82) is 0 Å². The molecule has 1 aromatic rings. The molecular weight excluding hydrogens is 216 g/mol. The van der Waals surface area contributed by atoms with Crippen LogP contribution >= 0.6 is 0 Å². The van der Waals surface area contributed by atoms with Crippen LogP contribution < -0.4 is 5.32 Å². The van der Waals surface area contributed by atoms with E-state index in [1.54, 1.807) is 6.20 Å². The van der Waals surface area contributed by atoms with E-state index in [1.807, 2.05) is 32.0 Å². The zero-order valence-electron chi connectivity index (χ0n) is 10.2. The zero-order chi connectivity index (χ0) is 12.5. The molecule has 1 aliphatic carbocycles. The maximum absolute atomic E-state index is 11.9. The maximum atomic E-state index is 11.9. The van der Waals surface area contributed by atoms with E-state index in [0.29, 0.717) is 6.54 Å². The van der Waals surface area contributed by atoms with Gasteiger partial charge in [0.2, 0.25) is 5.91 Å². The second-order valence-corrected chi connectivity index (χ2v) is 5.13. The highest BCUT2D eigenvalue weighted by Crippen LogP contribution is 2.57.